The molecule has 0 spiro atoms. The van der Waals surface area contributed by atoms with Gasteiger partial charge in [-0.25, -0.2) is 0 Å². The van der Waals surface area contributed by atoms with Gasteiger partial charge in [0.25, 0.3) is 0 Å². The van der Waals surface area contributed by atoms with Crippen LogP contribution in [0.25, 0.3) is 0 Å². The van der Waals surface area contributed by atoms with E-state index in [0.717, 1.165) is 19.4 Å². The van der Waals surface area contributed by atoms with Crippen LogP contribution in [0.2, 0.25) is 0 Å². The van der Waals surface area contributed by atoms with Crippen molar-refractivity contribution in [2.45, 2.75) is 52.0 Å². The molecule has 0 atom stereocenters. The summed E-state index contributed by atoms with van der Waals surface area (Å²) in [6.07, 6.45) is 3.33. The molecule has 2 fully saturated rings. The molecule has 1 aliphatic carbocycles. The van der Waals surface area contributed by atoms with Crippen LogP contribution < -0.4 is 5.32 Å². The van der Waals surface area contributed by atoms with Gasteiger partial charge in [-0.2, -0.15) is 0 Å². The molecule has 0 bridgehead atoms. The van der Waals surface area contributed by atoms with Gasteiger partial charge in [-0.1, -0.05) is 20.8 Å². The average molecular weight is 252 g/mol. The summed E-state index contributed by atoms with van der Waals surface area (Å²) in [5, 5.41) is 3.19. The van der Waals surface area contributed by atoms with Crippen molar-refractivity contribution in [1.82, 2.24) is 10.2 Å². The molecule has 1 saturated carbocycles. The Bertz CT molecular complexity index is 353. The Hall–Kier alpha value is -0.900. The number of rotatable bonds is 4. The lowest BCUT2D eigenvalue weighted by molar-refractivity contribution is -0.123. The zero-order valence-electron chi connectivity index (χ0n) is 11.7. The number of hydrogen-bond donors (Lipinski definition) is 1. The molecule has 1 saturated heterocycles. The molecule has 2 aliphatic rings. The van der Waals surface area contributed by atoms with Crippen LogP contribution in [0.5, 0.6) is 0 Å². The van der Waals surface area contributed by atoms with Gasteiger partial charge in [0.15, 0.2) is 0 Å². The number of nitrogens with zero attached hydrogens (tertiary/aromatic N) is 1. The van der Waals surface area contributed by atoms with E-state index in [4.69, 9.17) is 0 Å². The Morgan fingerprint density at radius 1 is 1.39 bits per heavy atom. The highest BCUT2D eigenvalue weighted by atomic mass is 16.2. The van der Waals surface area contributed by atoms with Crippen LogP contribution in [0.4, 0.5) is 0 Å². The first kappa shape index (κ1) is 13.5. The van der Waals surface area contributed by atoms with Gasteiger partial charge in [0.05, 0.1) is 6.54 Å². The average Bonchev–Trinajstić information content (AvgIpc) is 2.92. The van der Waals surface area contributed by atoms with E-state index in [9.17, 15) is 9.59 Å². The summed E-state index contributed by atoms with van der Waals surface area (Å²) in [6.45, 7) is 8.59. The summed E-state index contributed by atoms with van der Waals surface area (Å²) >= 11 is 0. The summed E-state index contributed by atoms with van der Waals surface area (Å²) in [6, 6.07) is 0. The van der Waals surface area contributed by atoms with Crippen molar-refractivity contribution in [1.29, 1.82) is 0 Å². The predicted molar refractivity (Wildman–Crippen MR) is 70.2 cm³/mol. The second-order valence-electron chi connectivity index (χ2n) is 6.70. The summed E-state index contributed by atoms with van der Waals surface area (Å²) in [5.74, 6) is 0.422. The summed E-state index contributed by atoms with van der Waals surface area (Å²) < 4.78 is 0. The van der Waals surface area contributed by atoms with Crippen LogP contribution in [-0.4, -0.2) is 41.8 Å². The van der Waals surface area contributed by atoms with E-state index in [2.05, 4.69) is 31.0 Å². The first-order valence-corrected chi connectivity index (χ1v) is 6.87. The van der Waals surface area contributed by atoms with Gasteiger partial charge in [-0.15, -0.1) is 0 Å². The maximum atomic E-state index is 12.0. The Balaban J connectivity index is 1.75. The molecular formula is C14H24N2O2. The van der Waals surface area contributed by atoms with Gasteiger partial charge in [-0.05, 0) is 18.3 Å². The van der Waals surface area contributed by atoms with Gasteiger partial charge in [0.2, 0.25) is 5.91 Å². The molecule has 18 heavy (non-hydrogen) atoms. The quantitative estimate of drug-likeness (QED) is 0.821. The van der Waals surface area contributed by atoms with E-state index in [0.29, 0.717) is 31.7 Å². The number of likely N-dealkylation sites (tertiary alicyclic amines) is 1. The summed E-state index contributed by atoms with van der Waals surface area (Å²) in [4.78, 5) is 25.2. The third-order valence-corrected chi connectivity index (χ3v) is 4.33. The minimum absolute atomic E-state index is 0.0188. The number of carbonyl (C=O) groups excluding carboxylic acids is 2. The molecule has 0 unspecified atom stereocenters. The SMILES string of the molecule is CC(C)(C)C1(NC(=O)CCN2CCC(=O)C2)CC1. The normalized spacial score (nSPS) is 23.2. The van der Waals surface area contributed by atoms with Crippen LogP contribution >= 0.6 is 0 Å². The molecule has 4 heteroatoms. The molecule has 0 aromatic rings. The monoisotopic (exact) mass is 252 g/mol. The first-order chi connectivity index (χ1) is 8.32. The van der Waals surface area contributed by atoms with Crippen molar-refractivity contribution in [3.8, 4) is 0 Å². The fourth-order valence-electron chi connectivity index (χ4n) is 2.66. The lowest BCUT2D eigenvalue weighted by Gasteiger charge is -2.32. The van der Waals surface area contributed by atoms with Crippen LogP contribution in [0, 0.1) is 5.41 Å². The van der Waals surface area contributed by atoms with Crippen molar-refractivity contribution in [2.24, 2.45) is 5.41 Å². The number of carbonyl (C=O) groups is 2. The fraction of sp³-hybridized carbons (Fsp3) is 0.857. The third-order valence-electron chi connectivity index (χ3n) is 4.33. The second kappa shape index (κ2) is 4.65. The number of ketones is 1. The van der Waals surface area contributed by atoms with Gasteiger partial charge in [0, 0.05) is 31.5 Å². The molecular weight excluding hydrogens is 228 g/mol. The maximum Gasteiger partial charge on any atom is 0.221 e. The standard InChI is InChI=1S/C14H24N2O2/c1-13(2,3)14(6-7-14)15-12(18)5-9-16-8-4-11(17)10-16/h4-10H2,1-3H3,(H,15,18). The molecule has 1 amide bonds. The Labute approximate surface area is 109 Å². The molecule has 1 N–H and O–H groups in total. The van der Waals surface area contributed by atoms with Gasteiger partial charge >= 0.3 is 0 Å². The minimum Gasteiger partial charge on any atom is -0.350 e. The van der Waals surface area contributed by atoms with E-state index in [1.807, 2.05) is 0 Å². The van der Waals surface area contributed by atoms with Crippen molar-refractivity contribution in [2.75, 3.05) is 19.6 Å². The second-order valence-corrected chi connectivity index (χ2v) is 6.70. The lowest BCUT2D eigenvalue weighted by Crippen LogP contribution is -2.46. The zero-order valence-corrected chi connectivity index (χ0v) is 11.7. The van der Waals surface area contributed by atoms with Gasteiger partial charge in [0.1, 0.15) is 5.78 Å². The Kier molecular flexibility index (Phi) is 3.49. The minimum atomic E-state index is 0.0188. The smallest absolute Gasteiger partial charge is 0.221 e. The van der Waals surface area contributed by atoms with Crippen LogP contribution in [0.3, 0.4) is 0 Å². The maximum absolute atomic E-state index is 12.0. The van der Waals surface area contributed by atoms with Crippen LogP contribution in [0.1, 0.15) is 46.5 Å². The van der Waals surface area contributed by atoms with Gasteiger partial charge in [-0.3, -0.25) is 14.5 Å². The molecule has 4 nitrogen and oxygen atoms in total. The zero-order chi connectivity index (χ0) is 13.4. The number of hydrogen-bond acceptors (Lipinski definition) is 3. The fourth-order valence-corrected chi connectivity index (χ4v) is 2.66. The van der Waals surface area contributed by atoms with Crippen molar-refractivity contribution < 1.29 is 9.59 Å². The largest absolute Gasteiger partial charge is 0.350 e. The van der Waals surface area contributed by atoms with Crippen molar-refractivity contribution in [3.63, 3.8) is 0 Å². The van der Waals surface area contributed by atoms with Crippen LogP contribution in [-0.2, 0) is 9.59 Å². The van der Waals surface area contributed by atoms with E-state index in [1.165, 1.54) is 0 Å². The van der Waals surface area contributed by atoms with Gasteiger partial charge < -0.3 is 5.32 Å². The van der Waals surface area contributed by atoms with E-state index < -0.39 is 0 Å². The van der Waals surface area contributed by atoms with E-state index >= 15 is 0 Å². The molecule has 0 aromatic carbocycles. The summed E-state index contributed by atoms with van der Waals surface area (Å²) in [7, 11) is 0. The highest BCUT2D eigenvalue weighted by Gasteiger charge is 2.52. The number of Topliss-reactive ketones (excluding diaryl/α,β-unsaturated/α-hetero) is 1. The van der Waals surface area contributed by atoms with Crippen LogP contribution in [0.15, 0.2) is 0 Å². The molecule has 0 aromatic heterocycles. The third kappa shape index (κ3) is 2.91. The highest BCUT2D eigenvalue weighted by molar-refractivity contribution is 5.82. The Morgan fingerprint density at radius 2 is 2.06 bits per heavy atom. The molecule has 102 valence electrons. The van der Waals surface area contributed by atoms with Crippen molar-refractivity contribution >= 4 is 11.7 Å². The molecule has 1 heterocycles. The predicted octanol–water partition coefficient (Wildman–Crippen LogP) is 1.35. The molecule has 2 rings (SSSR count). The van der Waals surface area contributed by atoms with E-state index in [-0.39, 0.29) is 16.9 Å². The topological polar surface area (TPSA) is 49.4 Å². The summed E-state index contributed by atoms with van der Waals surface area (Å²) in [5.41, 5.74) is 0.150. The first-order valence-electron chi connectivity index (χ1n) is 6.87. The molecule has 1 aliphatic heterocycles. The van der Waals surface area contributed by atoms with Crippen molar-refractivity contribution in [3.05, 3.63) is 0 Å². The van der Waals surface area contributed by atoms with E-state index in [1.54, 1.807) is 0 Å². The highest BCUT2D eigenvalue weighted by Crippen LogP contribution is 2.49. The molecule has 0 radical (unpaired) electrons. The Morgan fingerprint density at radius 3 is 2.50 bits per heavy atom. The lowest BCUT2D eigenvalue weighted by atomic mass is 9.84. The number of amides is 1. The number of nitrogens with one attached hydrogen (secondary N) is 1.